The van der Waals surface area contributed by atoms with Gasteiger partial charge in [-0.2, -0.15) is 0 Å². The van der Waals surface area contributed by atoms with Crippen molar-refractivity contribution >= 4 is 23.8 Å². The molecule has 0 saturated heterocycles. The number of ether oxygens (including phenoxy) is 1. The quantitative estimate of drug-likeness (QED) is 0.669. The van der Waals surface area contributed by atoms with Gasteiger partial charge in [-0.15, -0.1) is 0 Å². The molecule has 6 nitrogen and oxygen atoms in total. The number of carbonyl (C=O) groups excluding carboxylic acids is 2. The number of esters is 1. The summed E-state index contributed by atoms with van der Waals surface area (Å²) in [5.41, 5.74) is 1.58. The van der Waals surface area contributed by atoms with Crippen LogP contribution in [0.3, 0.4) is 0 Å². The number of methoxy groups -OCH3 is 1. The van der Waals surface area contributed by atoms with Crippen molar-refractivity contribution in [1.29, 1.82) is 0 Å². The van der Waals surface area contributed by atoms with Crippen molar-refractivity contribution < 1.29 is 19.4 Å². The molecule has 2 aromatic rings. The van der Waals surface area contributed by atoms with Crippen molar-refractivity contribution in [3.8, 4) is 5.75 Å². The highest BCUT2D eigenvalue weighted by Crippen LogP contribution is 2.14. The number of pyridine rings is 1. The van der Waals surface area contributed by atoms with Gasteiger partial charge in [0, 0.05) is 11.8 Å². The minimum absolute atomic E-state index is 0.166. The lowest BCUT2D eigenvalue weighted by Crippen LogP contribution is -2.14. The smallest absolute Gasteiger partial charge is 0.339 e. The third kappa shape index (κ3) is 4.41. The molecule has 0 aliphatic rings. The van der Waals surface area contributed by atoms with Crippen LogP contribution in [0.5, 0.6) is 5.75 Å². The summed E-state index contributed by atoms with van der Waals surface area (Å²) in [7, 11) is 1.29. The number of aromatic hydroxyl groups is 1. The number of nitrogens with one attached hydrogen (secondary N) is 1. The Labute approximate surface area is 133 Å². The molecule has 1 aromatic carbocycles. The summed E-state index contributed by atoms with van der Waals surface area (Å²) in [5, 5.41) is 11.9. The summed E-state index contributed by atoms with van der Waals surface area (Å²) in [6.45, 7) is 1.67. The van der Waals surface area contributed by atoms with E-state index in [0.717, 1.165) is 5.56 Å². The Morgan fingerprint density at radius 3 is 2.43 bits per heavy atom. The summed E-state index contributed by atoms with van der Waals surface area (Å²) >= 11 is 0. The number of amides is 1. The first kappa shape index (κ1) is 16.2. The van der Waals surface area contributed by atoms with E-state index in [2.05, 4.69) is 15.0 Å². The van der Waals surface area contributed by atoms with Crippen molar-refractivity contribution in [3.63, 3.8) is 0 Å². The van der Waals surface area contributed by atoms with Crippen molar-refractivity contribution in [1.82, 2.24) is 4.98 Å². The van der Waals surface area contributed by atoms with Gasteiger partial charge >= 0.3 is 5.97 Å². The molecule has 118 valence electrons. The van der Waals surface area contributed by atoms with Crippen LogP contribution in [0.4, 0.5) is 5.82 Å². The zero-order valence-electron chi connectivity index (χ0n) is 12.7. The first-order valence-corrected chi connectivity index (χ1v) is 6.82. The molecule has 23 heavy (non-hydrogen) atoms. The molecular weight excluding hydrogens is 296 g/mol. The predicted octanol–water partition coefficient (Wildman–Crippen LogP) is 2.62. The molecule has 2 rings (SSSR count). The lowest BCUT2D eigenvalue weighted by atomic mass is 10.1. The van der Waals surface area contributed by atoms with Gasteiger partial charge in [0.15, 0.2) is 0 Å². The van der Waals surface area contributed by atoms with Gasteiger partial charge in [0.05, 0.1) is 12.7 Å². The van der Waals surface area contributed by atoms with Gasteiger partial charge in [-0.1, -0.05) is 12.1 Å². The Bertz CT molecular complexity index is 734. The molecule has 1 amide bonds. The maximum absolute atomic E-state index is 12.1. The number of phenolic OH excluding ortho intramolecular Hbond substituents is 1. The summed E-state index contributed by atoms with van der Waals surface area (Å²) in [6, 6.07) is 9.55. The third-order valence-corrected chi connectivity index (χ3v) is 3.06. The van der Waals surface area contributed by atoms with Crippen LogP contribution in [0.2, 0.25) is 0 Å². The summed E-state index contributed by atoms with van der Waals surface area (Å²) in [4.78, 5) is 27.4. The van der Waals surface area contributed by atoms with Gasteiger partial charge in [0.2, 0.25) is 0 Å². The molecule has 1 heterocycles. The Balaban J connectivity index is 2.06. The fourth-order valence-electron chi connectivity index (χ4n) is 1.81. The number of benzene rings is 1. The van der Waals surface area contributed by atoms with Crippen molar-refractivity contribution in [2.45, 2.75) is 6.92 Å². The molecule has 0 radical (unpaired) electrons. The number of hydrogen-bond donors (Lipinski definition) is 2. The first-order chi connectivity index (χ1) is 11.0. The molecule has 2 N–H and O–H groups in total. The van der Waals surface area contributed by atoms with E-state index in [0.29, 0.717) is 17.0 Å². The van der Waals surface area contributed by atoms with Gasteiger partial charge in [-0.3, -0.25) is 4.79 Å². The number of rotatable bonds is 4. The molecule has 0 aliphatic heterocycles. The number of nitrogens with zero attached hydrogens (tertiary/aromatic N) is 1. The summed E-state index contributed by atoms with van der Waals surface area (Å²) in [6.07, 6.45) is 3.03. The summed E-state index contributed by atoms with van der Waals surface area (Å²) < 4.78 is 4.58. The maximum atomic E-state index is 12.1. The molecule has 0 aliphatic carbocycles. The van der Waals surface area contributed by atoms with Crippen molar-refractivity contribution in [2.24, 2.45) is 0 Å². The molecule has 0 spiro atoms. The van der Waals surface area contributed by atoms with Crippen LogP contribution in [0.15, 0.2) is 48.2 Å². The van der Waals surface area contributed by atoms with Gasteiger partial charge in [0.1, 0.15) is 11.6 Å². The zero-order valence-corrected chi connectivity index (χ0v) is 12.7. The second-order valence-corrected chi connectivity index (χ2v) is 4.80. The SMILES string of the molecule is COC(=O)c1ccc(NC(=O)/C(C)=C/c2ccc(O)cc2)nc1. The van der Waals surface area contributed by atoms with Crippen LogP contribution in [-0.4, -0.2) is 29.1 Å². The number of phenols is 1. The lowest BCUT2D eigenvalue weighted by Gasteiger charge is -2.05. The van der Waals surface area contributed by atoms with E-state index in [1.165, 1.54) is 25.4 Å². The molecule has 0 atom stereocenters. The van der Waals surface area contributed by atoms with Crippen LogP contribution in [0.1, 0.15) is 22.8 Å². The Morgan fingerprint density at radius 1 is 1.17 bits per heavy atom. The Morgan fingerprint density at radius 2 is 1.87 bits per heavy atom. The van der Waals surface area contributed by atoms with E-state index in [-0.39, 0.29) is 11.7 Å². The maximum Gasteiger partial charge on any atom is 0.339 e. The van der Waals surface area contributed by atoms with Gasteiger partial charge < -0.3 is 15.2 Å². The third-order valence-electron chi connectivity index (χ3n) is 3.06. The minimum atomic E-state index is -0.487. The average Bonchev–Trinajstić information content (AvgIpc) is 2.56. The highest BCUT2D eigenvalue weighted by Gasteiger charge is 2.08. The molecule has 6 heteroatoms. The fraction of sp³-hybridized carbons (Fsp3) is 0.118. The van der Waals surface area contributed by atoms with E-state index in [1.54, 1.807) is 37.3 Å². The van der Waals surface area contributed by atoms with Gasteiger partial charge in [0.25, 0.3) is 5.91 Å². The normalized spacial score (nSPS) is 11.0. The number of carbonyl (C=O) groups is 2. The molecule has 0 saturated carbocycles. The topological polar surface area (TPSA) is 88.5 Å². The fourth-order valence-corrected chi connectivity index (χ4v) is 1.81. The molecule has 0 unspecified atom stereocenters. The second kappa shape index (κ2) is 7.22. The Hall–Kier alpha value is -3.15. The highest BCUT2D eigenvalue weighted by molar-refractivity contribution is 6.05. The molecule has 0 fully saturated rings. The standard InChI is InChI=1S/C17H16N2O4/c1-11(9-12-3-6-14(20)7-4-12)16(21)19-15-8-5-13(10-18-15)17(22)23-2/h3-10,20H,1-2H3,(H,18,19,21)/b11-9+. The average molecular weight is 312 g/mol. The van der Waals surface area contributed by atoms with Gasteiger partial charge in [-0.05, 0) is 42.8 Å². The van der Waals surface area contributed by atoms with Crippen LogP contribution < -0.4 is 5.32 Å². The molecule has 1 aromatic heterocycles. The number of hydrogen-bond acceptors (Lipinski definition) is 5. The number of anilines is 1. The largest absolute Gasteiger partial charge is 0.508 e. The predicted molar refractivity (Wildman–Crippen MR) is 86.0 cm³/mol. The van der Waals surface area contributed by atoms with Crippen LogP contribution in [0, 0.1) is 0 Å². The highest BCUT2D eigenvalue weighted by atomic mass is 16.5. The Kier molecular flexibility index (Phi) is 5.09. The summed E-state index contributed by atoms with van der Waals surface area (Å²) in [5.74, 6) is -0.296. The van der Waals surface area contributed by atoms with Crippen molar-refractivity contribution in [2.75, 3.05) is 12.4 Å². The molecule has 0 bridgehead atoms. The van der Waals surface area contributed by atoms with E-state index >= 15 is 0 Å². The van der Waals surface area contributed by atoms with E-state index in [1.807, 2.05) is 0 Å². The monoisotopic (exact) mass is 312 g/mol. The minimum Gasteiger partial charge on any atom is -0.508 e. The zero-order chi connectivity index (χ0) is 16.8. The molecular formula is C17H16N2O4. The first-order valence-electron chi connectivity index (χ1n) is 6.82. The van der Waals surface area contributed by atoms with Gasteiger partial charge in [-0.25, -0.2) is 9.78 Å². The van der Waals surface area contributed by atoms with Crippen LogP contribution >= 0.6 is 0 Å². The number of aromatic nitrogens is 1. The van der Waals surface area contributed by atoms with Crippen molar-refractivity contribution in [3.05, 3.63) is 59.3 Å². The van der Waals surface area contributed by atoms with E-state index in [9.17, 15) is 14.7 Å². The van der Waals surface area contributed by atoms with Crippen LogP contribution in [0.25, 0.3) is 6.08 Å². The van der Waals surface area contributed by atoms with Crippen LogP contribution in [-0.2, 0) is 9.53 Å². The van der Waals surface area contributed by atoms with E-state index in [4.69, 9.17) is 0 Å². The van der Waals surface area contributed by atoms with E-state index < -0.39 is 5.97 Å². The second-order valence-electron chi connectivity index (χ2n) is 4.80. The lowest BCUT2D eigenvalue weighted by molar-refractivity contribution is -0.112.